The zero-order valence-corrected chi connectivity index (χ0v) is 16.2. The van der Waals surface area contributed by atoms with Crippen LogP contribution in [0.3, 0.4) is 0 Å². The van der Waals surface area contributed by atoms with E-state index in [1.54, 1.807) is 25.1 Å². The molecule has 148 valence electrons. The predicted octanol–water partition coefficient (Wildman–Crippen LogP) is 1.22. The zero-order chi connectivity index (χ0) is 19.7. The van der Waals surface area contributed by atoms with Gasteiger partial charge in [-0.2, -0.15) is 0 Å². The van der Waals surface area contributed by atoms with Crippen molar-refractivity contribution in [3.8, 4) is 0 Å². The van der Waals surface area contributed by atoms with Crippen molar-refractivity contribution in [2.24, 2.45) is 0 Å². The number of hydrogen-bond donors (Lipinski definition) is 2. The Kier molecular flexibility index (Phi) is 5.23. The number of hydrogen-bond acceptors (Lipinski definition) is 6. The number of aromatic nitrogens is 3. The molecule has 0 bridgehead atoms. The number of benzene rings is 1. The van der Waals surface area contributed by atoms with Crippen LogP contribution in [0, 0.1) is 0 Å². The van der Waals surface area contributed by atoms with Gasteiger partial charge in [-0.25, -0.2) is 9.89 Å². The minimum Gasteiger partial charge on any atom is -0.376 e. The molecule has 2 aliphatic heterocycles. The van der Waals surface area contributed by atoms with E-state index in [0.29, 0.717) is 29.7 Å². The van der Waals surface area contributed by atoms with Crippen molar-refractivity contribution in [3.63, 3.8) is 0 Å². The normalized spacial score (nSPS) is 20.0. The molecule has 10 heteroatoms. The first kappa shape index (κ1) is 18.8. The summed E-state index contributed by atoms with van der Waals surface area (Å²) in [7, 11) is 0. The standard InChI is InChI=1S/C18H21N5O4S/c1-11(16(25)22-10-15(24)19-13-6-2-3-7-14(13)22)28-18-21-20-17(26)23(18)9-12-5-4-8-27-12/h2-3,6-7,11-12H,4-5,8-10H2,1H3,(H,19,24)(H,20,26)/t11-,12-/m1/s1. The molecule has 1 aromatic carbocycles. The Morgan fingerprint density at radius 1 is 1.39 bits per heavy atom. The highest BCUT2D eigenvalue weighted by molar-refractivity contribution is 8.00. The van der Waals surface area contributed by atoms with Crippen LogP contribution in [-0.4, -0.2) is 51.1 Å². The van der Waals surface area contributed by atoms with Crippen LogP contribution in [0.5, 0.6) is 0 Å². The van der Waals surface area contributed by atoms with Gasteiger partial charge < -0.3 is 10.1 Å². The molecule has 0 radical (unpaired) electrons. The highest BCUT2D eigenvalue weighted by atomic mass is 32.2. The molecule has 2 amide bonds. The van der Waals surface area contributed by atoms with Gasteiger partial charge in [-0.1, -0.05) is 23.9 Å². The van der Waals surface area contributed by atoms with Gasteiger partial charge in [0.15, 0.2) is 5.16 Å². The van der Waals surface area contributed by atoms with Crippen LogP contribution in [0.15, 0.2) is 34.2 Å². The summed E-state index contributed by atoms with van der Waals surface area (Å²) >= 11 is 1.19. The van der Waals surface area contributed by atoms with Crippen molar-refractivity contribution in [1.82, 2.24) is 14.8 Å². The summed E-state index contributed by atoms with van der Waals surface area (Å²) in [6, 6.07) is 7.18. The summed E-state index contributed by atoms with van der Waals surface area (Å²) in [5, 5.41) is 9.20. The second-order valence-corrected chi connectivity index (χ2v) is 8.11. The van der Waals surface area contributed by atoms with Crippen LogP contribution in [-0.2, 0) is 20.9 Å². The first-order valence-electron chi connectivity index (χ1n) is 9.16. The van der Waals surface area contributed by atoms with Gasteiger partial charge in [0.1, 0.15) is 6.54 Å². The van der Waals surface area contributed by atoms with Gasteiger partial charge in [0, 0.05) is 6.61 Å². The van der Waals surface area contributed by atoms with E-state index in [0.717, 1.165) is 12.8 Å². The minimum atomic E-state index is -0.530. The topological polar surface area (TPSA) is 109 Å². The van der Waals surface area contributed by atoms with E-state index in [1.807, 2.05) is 6.07 Å². The van der Waals surface area contributed by atoms with Crippen molar-refractivity contribution < 1.29 is 14.3 Å². The average Bonchev–Trinajstić information content (AvgIpc) is 3.32. The molecule has 28 heavy (non-hydrogen) atoms. The molecule has 1 fully saturated rings. The summed E-state index contributed by atoms with van der Waals surface area (Å²) in [5.41, 5.74) is 0.957. The summed E-state index contributed by atoms with van der Waals surface area (Å²) in [6.45, 7) is 2.82. The van der Waals surface area contributed by atoms with Crippen molar-refractivity contribution >= 4 is 35.0 Å². The zero-order valence-electron chi connectivity index (χ0n) is 15.4. The fourth-order valence-electron chi connectivity index (χ4n) is 3.40. The second-order valence-electron chi connectivity index (χ2n) is 6.81. The lowest BCUT2D eigenvalue weighted by Gasteiger charge is -2.30. The Morgan fingerprint density at radius 2 is 2.21 bits per heavy atom. The number of H-pyrrole nitrogens is 1. The van der Waals surface area contributed by atoms with Crippen molar-refractivity contribution in [2.45, 2.75) is 42.8 Å². The van der Waals surface area contributed by atoms with Gasteiger partial charge in [-0.15, -0.1) is 5.10 Å². The third-order valence-electron chi connectivity index (χ3n) is 4.80. The summed E-state index contributed by atoms with van der Waals surface area (Å²) in [4.78, 5) is 38.6. The first-order valence-corrected chi connectivity index (χ1v) is 10.0. The third kappa shape index (κ3) is 3.69. The first-order chi connectivity index (χ1) is 13.5. The number of amides is 2. The van der Waals surface area contributed by atoms with Crippen LogP contribution < -0.4 is 15.9 Å². The Balaban J connectivity index is 1.51. The van der Waals surface area contributed by atoms with Crippen LogP contribution >= 0.6 is 11.8 Å². The summed E-state index contributed by atoms with van der Waals surface area (Å²) in [6.07, 6.45) is 1.86. The smallest absolute Gasteiger partial charge is 0.344 e. The largest absolute Gasteiger partial charge is 0.376 e. The molecule has 9 nitrogen and oxygen atoms in total. The molecule has 3 heterocycles. The molecular formula is C18H21N5O4S. The van der Waals surface area contributed by atoms with Gasteiger partial charge in [0.05, 0.1) is 29.3 Å². The Morgan fingerprint density at radius 3 is 3.00 bits per heavy atom. The van der Waals surface area contributed by atoms with Crippen LogP contribution in [0.2, 0.25) is 0 Å². The highest BCUT2D eigenvalue weighted by Gasteiger charge is 2.31. The van der Waals surface area contributed by atoms with E-state index in [2.05, 4.69) is 15.5 Å². The molecule has 2 atom stereocenters. The molecule has 0 saturated carbocycles. The maximum atomic E-state index is 13.0. The number of para-hydroxylation sites is 2. The molecule has 0 unspecified atom stereocenters. The molecule has 2 aromatic rings. The van der Waals surface area contributed by atoms with Gasteiger partial charge in [-0.3, -0.25) is 19.1 Å². The van der Waals surface area contributed by atoms with Gasteiger partial charge in [-0.05, 0) is 31.9 Å². The second kappa shape index (κ2) is 7.80. The SMILES string of the molecule is C[C@@H](Sc1n[nH]c(=O)n1C[C@H]1CCCO1)C(=O)N1CC(=O)Nc2ccccc21. The van der Waals surface area contributed by atoms with E-state index in [4.69, 9.17) is 4.74 Å². The monoisotopic (exact) mass is 403 g/mol. The lowest BCUT2D eigenvalue weighted by Crippen LogP contribution is -2.45. The molecule has 4 rings (SSSR count). The molecule has 1 aromatic heterocycles. The fraction of sp³-hybridized carbons (Fsp3) is 0.444. The minimum absolute atomic E-state index is 0.0154. The lowest BCUT2D eigenvalue weighted by atomic mass is 10.2. The summed E-state index contributed by atoms with van der Waals surface area (Å²) < 4.78 is 7.12. The number of thioether (sulfide) groups is 1. The maximum Gasteiger partial charge on any atom is 0.344 e. The molecule has 0 aliphatic carbocycles. The van der Waals surface area contributed by atoms with Crippen molar-refractivity contribution in [2.75, 3.05) is 23.4 Å². The summed E-state index contributed by atoms with van der Waals surface area (Å²) in [5.74, 6) is -0.453. The molecule has 1 saturated heterocycles. The quantitative estimate of drug-likeness (QED) is 0.727. The highest BCUT2D eigenvalue weighted by Crippen LogP contribution is 2.31. The number of aromatic amines is 1. The number of anilines is 2. The Labute approximate surface area is 165 Å². The van der Waals surface area contributed by atoms with Crippen LogP contribution in [0.25, 0.3) is 0 Å². The van der Waals surface area contributed by atoms with Crippen molar-refractivity contribution in [1.29, 1.82) is 0 Å². The molecule has 0 spiro atoms. The number of ether oxygens (including phenoxy) is 1. The van der Waals surface area contributed by atoms with Crippen LogP contribution in [0.4, 0.5) is 11.4 Å². The van der Waals surface area contributed by atoms with Gasteiger partial charge in [0.25, 0.3) is 0 Å². The van der Waals surface area contributed by atoms with E-state index in [-0.39, 0.29) is 30.2 Å². The number of rotatable bonds is 5. The number of nitrogens with one attached hydrogen (secondary N) is 2. The molecule has 2 N–H and O–H groups in total. The van der Waals surface area contributed by atoms with Gasteiger partial charge in [0.2, 0.25) is 11.8 Å². The van der Waals surface area contributed by atoms with E-state index in [9.17, 15) is 14.4 Å². The number of carbonyl (C=O) groups is 2. The van der Waals surface area contributed by atoms with Crippen molar-refractivity contribution in [3.05, 3.63) is 34.7 Å². The van der Waals surface area contributed by atoms with Gasteiger partial charge >= 0.3 is 5.69 Å². The molecule has 2 aliphatic rings. The third-order valence-corrected chi connectivity index (χ3v) is 5.88. The van der Waals surface area contributed by atoms with E-state index < -0.39 is 5.25 Å². The fourth-order valence-corrected chi connectivity index (χ4v) is 4.33. The molecular weight excluding hydrogens is 382 g/mol. The average molecular weight is 403 g/mol. The number of fused-ring (bicyclic) bond motifs is 1. The number of nitrogens with zero attached hydrogens (tertiary/aromatic N) is 3. The Bertz CT molecular complexity index is 949. The predicted molar refractivity (Wildman–Crippen MR) is 105 cm³/mol. The van der Waals surface area contributed by atoms with E-state index >= 15 is 0 Å². The van der Waals surface area contributed by atoms with E-state index in [1.165, 1.54) is 21.2 Å². The van der Waals surface area contributed by atoms with Crippen LogP contribution in [0.1, 0.15) is 19.8 Å². The lowest BCUT2D eigenvalue weighted by molar-refractivity contribution is -0.121. The Hall–Kier alpha value is -2.59. The maximum absolute atomic E-state index is 13.0. The number of carbonyl (C=O) groups excluding carboxylic acids is 2.